The van der Waals surface area contributed by atoms with Crippen molar-refractivity contribution in [2.75, 3.05) is 18.0 Å². The summed E-state index contributed by atoms with van der Waals surface area (Å²) in [5.41, 5.74) is 27.6. The van der Waals surface area contributed by atoms with Gasteiger partial charge in [0.15, 0.2) is 0 Å². The molecule has 2 aromatic heterocycles. The lowest BCUT2D eigenvalue weighted by atomic mass is 9.84. The van der Waals surface area contributed by atoms with E-state index in [4.69, 9.17) is 0 Å². The summed E-state index contributed by atoms with van der Waals surface area (Å²) in [6.45, 7) is 36.1. The number of hydrogen-bond donors (Lipinski definition) is 0. The van der Waals surface area contributed by atoms with Gasteiger partial charge in [0.2, 0.25) is 6.34 Å². The summed E-state index contributed by atoms with van der Waals surface area (Å²) in [7, 11) is 0. The SMILES string of the molecule is Cc1cc(C)c([N+]2=CN(c3c(C)cc(CCc4cc(C)c(-n5cc[n+](-c6c(C)cc(Cc7ccc(-[n+]8ccn(-c9ccccc9C(C)(C)C)c8)c(C(C)(C)C)c7)cc6C)c5)c(C)c4)cc3C)CC2)c(C)c1. The molecule has 9 rings (SSSR count). The molecule has 71 heavy (non-hydrogen) atoms. The Bertz CT molecular complexity index is 3260. The summed E-state index contributed by atoms with van der Waals surface area (Å²) < 4.78 is 11.6. The van der Waals surface area contributed by atoms with Crippen LogP contribution in [0.5, 0.6) is 0 Å². The van der Waals surface area contributed by atoms with Crippen molar-refractivity contribution in [3.05, 3.63) is 212 Å². The van der Waals surface area contributed by atoms with Crippen molar-refractivity contribution >= 4 is 17.7 Å². The van der Waals surface area contributed by atoms with Gasteiger partial charge in [-0.2, -0.15) is 0 Å². The number of para-hydroxylation sites is 1. The molecular formula is C65H77N6+3. The first-order valence-electron chi connectivity index (χ1n) is 25.8. The Morgan fingerprint density at radius 2 is 1.00 bits per heavy atom. The zero-order valence-corrected chi connectivity index (χ0v) is 45.4. The maximum atomic E-state index is 2.46. The molecule has 0 N–H and O–H groups in total. The zero-order chi connectivity index (χ0) is 50.7. The topological polar surface area (TPSA) is 23.9 Å². The molecule has 6 nitrogen and oxygen atoms in total. The van der Waals surface area contributed by atoms with Crippen molar-refractivity contribution in [1.82, 2.24) is 9.13 Å². The van der Waals surface area contributed by atoms with Gasteiger partial charge in [-0.05, 0) is 171 Å². The number of nitrogens with zero attached hydrogens (tertiary/aromatic N) is 6. The summed E-state index contributed by atoms with van der Waals surface area (Å²) >= 11 is 0. The highest BCUT2D eigenvalue weighted by atomic mass is 15.3. The molecule has 0 unspecified atom stereocenters. The molecule has 1 aliphatic rings. The van der Waals surface area contributed by atoms with Gasteiger partial charge in [-0.3, -0.25) is 0 Å². The first-order valence-corrected chi connectivity index (χ1v) is 25.8. The van der Waals surface area contributed by atoms with Crippen LogP contribution in [-0.2, 0) is 30.1 Å². The lowest BCUT2D eigenvalue weighted by molar-refractivity contribution is -0.595. The average Bonchev–Trinajstić information content (AvgIpc) is 4.07. The largest absolute Gasteiger partial charge is 0.254 e. The third-order valence-electron chi connectivity index (χ3n) is 14.8. The van der Waals surface area contributed by atoms with Gasteiger partial charge in [0.25, 0.3) is 12.7 Å². The molecule has 0 fully saturated rings. The molecule has 0 radical (unpaired) electrons. The molecule has 0 bridgehead atoms. The Kier molecular flexibility index (Phi) is 13.2. The smallest absolute Gasteiger partial charge is 0.229 e. The van der Waals surface area contributed by atoms with Gasteiger partial charge >= 0.3 is 0 Å². The van der Waals surface area contributed by atoms with Crippen LogP contribution >= 0.6 is 0 Å². The molecule has 0 saturated heterocycles. The Morgan fingerprint density at radius 3 is 1.61 bits per heavy atom. The second-order valence-electron chi connectivity index (χ2n) is 23.0. The summed E-state index contributed by atoms with van der Waals surface area (Å²) in [5, 5.41) is 0. The molecule has 0 spiro atoms. The van der Waals surface area contributed by atoms with Crippen LogP contribution in [-0.4, -0.2) is 33.1 Å². The van der Waals surface area contributed by atoms with Crippen LogP contribution < -0.4 is 14.0 Å². The molecule has 0 amide bonds. The van der Waals surface area contributed by atoms with Crippen molar-refractivity contribution in [2.24, 2.45) is 0 Å². The lowest BCUT2D eigenvalue weighted by Crippen LogP contribution is -2.32. The van der Waals surface area contributed by atoms with Crippen molar-refractivity contribution in [1.29, 1.82) is 0 Å². The van der Waals surface area contributed by atoms with Crippen LogP contribution in [0, 0.1) is 62.3 Å². The predicted molar refractivity (Wildman–Crippen MR) is 296 cm³/mol. The Morgan fingerprint density at radius 1 is 0.479 bits per heavy atom. The zero-order valence-electron chi connectivity index (χ0n) is 45.4. The Balaban J connectivity index is 0.887. The van der Waals surface area contributed by atoms with Crippen molar-refractivity contribution in [2.45, 2.75) is 134 Å². The number of aryl methyl sites for hydroxylation is 11. The van der Waals surface area contributed by atoms with Crippen molar-refractivity contribution in [3.63, 3.8) is 0 Å². The normalized spacial score (nSPS) is 13.1. The predicted octanol–water partition coefficient (Wildman–Crippen LogP) is 13.8. The fourth-order valence-electron chi connectivity index (χ4n) is 11.9. The maximum Gasteiger partial charge on any atom is 0.254 e. The number of imidazole rings is 2. The van der Waals surface area contributed by atoms with Crippen molar-refractivity contribution in [3.8, 4) is 22.7 Å². The monoisotopic (exact) mass is 942 g/mol. The molecule has 1 aliphatic heterocycles. The van der Waals surface area contributed by atoms with Crippen LogP contribution in [0.3, 0.4) is 0 Å². The molecule has 6 aromatic carbocycles. The van der Waals surface area contributed by atoms with Crippen LogP contribution in [0.15, 0.2) is 128 Å². The summed E-state index contributed by atoms with van der Waals surface area (Å²) in [6.07, 6.45) is 18.5. The van der Waals surface area contributed by atoms with E-state index < -0.39 is 0 Å². The molecule has 364 valence electrons. The Hall–Kier alpha value is -6.79. The third kappa shape index (κ3) is 10.1. The van der Waals surface area contributed by atoms with Gasteiger partial charge in [0.05, 0.1) is 0 Å². The van der Waals surface area contributed by atoms with Gasteiger partial charge in [0.1, 0.15) is 72.0 Å². The Labute approximate surface area is 425 Å². The highest BCUT2D eigenvalue weighted by Crippen LogP contribution is 2.34. The maximum absolute atomic E-state index is 2.46. The average molecular weight is 942 g/mol. The number of anilines is 1. The fraction of sp³-hybridized carbons (Fsp3) is 0.338. The van der Waals surface area contributed by atoms with Gasteiger partial charge in [-0.1, -0.05) is 126 Å². The number of aromatic nitrogens is 4. The van der Waals surface area contributed by atoms with Gasteiger partial charge in [0, 0.05) is 11.1 Å². The van der Waals surface area contributed by atoms with E-state index in [0.29, 0.717) is 0 Å². The molecule has 0 saturated carbocycles. The minimum absolute atomic E-state index is 0.0379. The number of rotatable bonds is 11. The van der Waals surface area contributed by atoms with E-state index in [1.54, 1.807) is 0 Å². The molecular weight excluding hydrogens is 865 g/mol. The molecule has 0 aliphatic carbocycles. The van der Waals surface area contributed by atoms with E-state index in [9.17, 15) is 0 Å². The first-order chi connectivity index (χ1) is 33.6. The number of benzene rings is 6. The lowest BCUT2D eigenvalue weighted by Gasteiger charge is -2.22. The van der Waals surface area contributed by atoms with Crippen LogP contribution in [0.25, 0.3) is 22.7 Å². The summed E-state index contributed by atoms with van der Waals surface area (Å²) in [4.78, 5) is 2.46. The van der Waals surface area contributed by atoms with Gasteiger partial charge in [-0.25, -0.2) is 27.7 Å². The van der Waals surface area contributed by atoms with E-state index in [1.807, 2.05) is 0 Å². The molecule has 8 aromatic rings. The number of hydrogen-bond acceptors (Lipinski definition) is 1. The van der Waals surface area contributed by atoms with Crippen LogP contribution in [0.1, 0.15) is 125 Å². The van der Waals surface area contributed by atoms with Crippen LogP contribution in [0.4, 0.5) is 11.4 Å². The van der Waals surface area contributed by atoms with E-state index in [2.05, 4.69) is 266 Å². The van der Waals surface area contributed by atoms with E-state index >= 15 is 0 Å². The summed E-state index contributed by atoms with van der Waals surface area (Å²) in [5.74, 6) is 0. The van der Waals surface area contributed by atoms with Crippen LogP contribution in [0.2, 0.25) is 0 Å². The minimum Gasteiger partial charge on any atom is -0.229 e. The highest BCUT2D eigenvalue weighted by Gasteiger charge is 2.29. The first kappa shape index (κ1) is 49.2. The second kappa shape index (κ2) is 19.1. The third-order valence-corrected chi connectivity index (χ3v) is 14.8. The van der Waals surface area contributed by atoms with E-state index in [0.717, 1.165) is 32.4 Å². The minimum atomic E-state index is -0.0379. The summed E-state index contributed by atoms with van der Waals surface area (Å²) in [6, 6.07) is 34.8. The van der Waals surface area contributed by atoms with E-state index in [1.165, 1.54) is 118 Å². The standard InChI is InChI=1S/C65H77N6/c1-43-30-44(2)60(45(3)31-43)68-26-27-69(41-68)61-46(4)32-52(33-47(61)5)20-21-53-34-48(6)62(49(7)35-53)70-28-29-71(42-70)63-50(8)36-55(37-51(63)9)38-54-22-23-59(57(39-54)65(13,14)15)67-25-24-66(40-67)58-19-17-16-18-56(58)64(10,11)12/h16-19,22-25,28-37,39-42H,20-21,26-27,38H2,1-15H3/q+3. The second-order valence-corrected chi connectivity index (χ2v) is 23.0. The molecule has 0 atom stereocenters. The molecule has 3 heterocycles. The quantitative estimate of drug-likeness (QED) is 0.119. The van der Waals surface area contributed by atoms with E-state index in [-0.39, 0.29) is 10.8 Å². The highest BCUT2D eigenvalue weighted by molar-refractivity contribution is 5.82. The fourth-order valence-corrected chi connectivity index (χ4v) is 11.9. The van der Waals surface area contributed by atoms with Gasteiger partial charge in [-0.15, -0.1) is 0 Å². The van der Waals surface area contributed by atoms with Gasteiger partial charge < -0.3 is 0 Å². The van der Waals surface area contributed by atoms with Crippen molar-refractivity contribution < 1.29 is 13.7 Å². The molecule has 6 heteroatoms.